The largest absolute Gasteiger partial charge is 0.468 e. The van der Waals surface area contributed by atoms with Crippen LogP contribution in [-0.4, -0.2) is 54.8 Å². The Balaban J connectivity index is 1.66. The fraction of sp³-hybridized carbons (Fsp3) is 0.471. The molecule has 0 aliphatic carbocycles. The average molecular weight is 380 g/mol. The van der Waals surface area contributed by atoms with E-state index in [4.69, 9.17) is 0 Å². The minimum absolute atomic E-state index is 0.0436. The molecule has 0 radical (unpaired) electrons. The van der Waals surface area contributed by atoms with Gasteiger partial charge in [-0.2, -0.15) is 0 Å². The molecule has 2 aromatic rings. The van der Waals surface area contributed by atoms with Crippen molar-refractivity contribution in [2.24, 2.45) is 5.92 Å². The number of nitrogens with one attached hydrogen (secondary N) is 1. The second-order valence-corrected chi connectivity index (χ2v) is 8.37. The topological polar surface area (TPSA) is 71.5 Å². The molecule has 25 heavy (non-hydrogen) atoms. The zero-order valence-corrected chi connectivity index (χ0v) is 15.9. The molecule has 3 rings (SSSR count). The third-order valence-corrected chi connectivity index (χ3v) is 6.31. The van der Waals surface area contributed by atoms with E-state index in [0.29, 0.717) is 0 Å². The summed E-state index contributed by atoms with van der Waals surface area (Å²) in [5, 5.41) is 3.03. The number of carbonyl (C=O) groups excluding carboxylic acids is 2. The van der Waals surface area contributed by atoms with E-state index in [2.05, 4.69) is 27.0 Å². The van der Waals surface area contributed by atoms with Gasteiger partial charge in [0.25, 0.3) is 0 Å². The van der Waals surface area contributed by atoms with E-state index < -0.39 is 0 Å². The van der Waals surface area contributed by atoms with Gasteiger partial charge in [-0.3, -0.25) is 9.59 Å². The molecule has 1 saturated heterocycles. The maximum absolute atomic E-state index is 12.5. The number of anilines is 1. The first-order chi connectivity index (χ1) is 12.0. The number of aromatic nitrogens is 1. The number of benzene rings is 1. The molecule has 0 spiro atoms. The van der Waals surface area contributed by atoms with Gasteiger partial charge in [0, 0.05) is 12.2 Å². The summed E-state index contributed by atoms with van der Waals surface area (Å²) < 4.78 is 6.45. The SMILES string of the molecule is COC(=O)CSc1nc2ccc(NC(=O)C3CCCN(C)C3)cc2s1. The zero-order valence-electron chi connectivity index (χ0n) is 14.3. The molecule has 8 heteroatoms. The average Bonchev–Trinajstić information content (AvgIpc) is 3.01. The summed E-state index contributed by atoms with van der Waals surface area (Å²) in [4.78, 5) is 30.4. The number of hydrogen-bond acceptors (Lipinski definition) is 7. The van der Waals surface area contributed by atoms with Crippen LogP contribution in [0.15, 0.2) is 22.5 Å². The highest BCUT2D eigenvalue weighted by atomic mass is 32.2. The van der Waals surface area contributed by atoms with Crippen LogP contribution in [0.2, 0.25) is 0 Å². The van der Waals surface area contributed by atoms with Gasteiger partial charge < -0.3 is 15.0 Å². The highest BCUT2D eigenvalue weighted by molar-refractivity contribution is 8.01. The summed E-state index contributed by atoms with van der Waals surface area (Å²) in [6.45, 7) is 1.87. The Morgan fingerprint density at radius 2 is 2.32 bits per heavy atom. The number of nitrogens with zero attached hydrogens (tertiary/aromatic N) is 2. The van der Waals surface area contributed by atoms with E-state index in [1.807, 2.05) is 18.2 Å². The first-order valence-corrected chi connectivity index (χ1v) is 9.95. The van der Waals surface area contributed by atoms with Crippen LogP contribution < -0.4 is 5.32 Å². The fourth-order valence-electron chi connectivity index (χ4n) is 2.85. The molecule has 1 aromatic heterocycles. The molecule has 1 amide bonds. The van der Waals surface area contributed by atoms with Crippen molar-refractivity contribution in [3.8, 4) is 0 Å². The van der Waals surface area contributed by atoms with E-state index >= 15 is 0 Å². The molecule has 1 fully saturated rings. The second-order valence-electron chi connectivity index (χ2n) is 6.12. The van der Waals surface area contributed by atoms with Crippen LogP contribution in [-0.2, 0) is 14.3 Å². The third kappa shape index (κ3) is 4.71. The van der Waals surface area contributed by atoms with Crippen LogP contribution in [0.5, 0.6) is 0 Å². The van der Waals surface area contributed by atoms with Crippen LogP contribution in [0.3, 0.4) is 0 Å². The standard InChI is InChI=1S/C17H21N3O3S2/c1-20-7-3-4-11(9-20)16(22)18-12-5-6-13-14(8-12)25-17(19-13)24-10-15(21)23-2/h5-6,8,11H,3-4,7,9-10H2,1-2H3,(H,18,22). The summed E-state index contributed by atoms with van der Waals surface area (Å²) >= 11 is 2.87. The number of methoxy groups -OCH3 is 1. The van der Waals surface area contributed by atoms with E-state index in [0.717, 1.165) is 46.2 Å². The van der Waals surface area contributed by atoms with Crippen LogP contribution >= 0.6 is 23.1 Å². The number of fused-ring (bicyclic) bond motifs is 1. The van der Waals surface area contributed by atoms with Crippen molar-refractivity contribution >= 4 is 50.9 Å². The normalized spacial score (nSPS) is 18.2. The summed E-state index contributed by atoms with van der Waals surface area (Å²) in [6.07, 6.45) is 2.00. The molecule has 1 aliphatic heterocycles. The number of rotatable bonds is 5. The number of thioether (sulfide) groups is 1. The highest BCUT2D eigenvalue weighted by Gasteiger charge is 2.24. The minimum Gasteiger partial charge on any atom is -0.468 e. The van der Waals surface area contributed by atoms with E-state index in [9.17, 15) is 9.59 Å². The molecule has 134 valence electrons. The Morgan fingerprint density at radius 1 is 1.48 bits per heavy atom. The van der Waals surface area contributed by atoms with Gasteiger partial charge in [0.15, 0.2) is 4.34 Å². The van der Waals surface area contributed by atoms with Crippen molar-refractivity contribution in [1.29, 1.82) is 0 Å². The van der Waals surface area contributed by atoms with Gasteiger partial charge in [-0.05, 0) is 44.6 Å². The molecule has 0 saturated carbocycles. The quantitative estimate of drug-likeness (QED) is 0.636. The number of carbonyl (C=O) groups is 2. The first-order valence-electron chi connectivity index (χ1n) is 8.15. The molecule has 2 heterocycles. The predicted octanol–water partition coefficient (Wildman–Crippen LogP) is 2.84. The molecular formula is C17H21N3O3S2. The summed E-state index contributed by atoms with van der Waals surface area (Å²) in [7, 11) is 3.43. The Bertz CT molecular complexity index is 778. The zero-order chi connectivity index (χ0) is 17.8. The van der Waals surface area contributed by atoms with Gasteiger partial charge in [0.2, 0.25) is 5.91 Å². The van der Waals surface area contributed by atoms with E-state index in [1.165, 1.54) is 30.2 Å². The number of thiazole rings is 1. The van der Waals surface area contributed by atoms with Gasteiger partial charge in [0.05, 0.1) is 29.0 Å². The highest BCUT2D eigenvalue weighted by Crippen LogP contribution is 2.31. The lowest BCUT2D eigenvalue weighted by atomic mass is 9.97. The lowest BCUT2D eigenvalue weighted by Gasteiger charge is -2.28. The second kappa shape index (κ2) is 8.16. The Morgan fingerprint density at radius 3 is 3.08 bits per heavy atom. The molecule has 0 bridgehead atoms. The Hall–Kier alpha value is -1.64. The van der Waals surface area contributed by atoms with Gasteiger partial charge >= 0.3 is 5.97 Å². The minimum atomic E-state index is -0.269. The number of ether oxygens (including phenoxy) is 1. The summed E-state index contributed by atoms with van der Waals surface area (Å²) in [5.41, 5.74) is 1.66. The van der Waals surface area contributed by atoms with Crippen molar-refractivity contribution < 1.29 is 14.3 Å². The van der Waals surface area contributed by atoms with Crippen LogP contribution in [0, 0.1) is 5.92 Å². The number of amides is 1. The maximum atomic E-state index is 12.5. The number of hydrogen-bond donors (Lipinski definition) is 1. The summed E-state index contributed by atoms with van der Waals surface area (Å²) in [5.74, 6) is 0.0993. The van der Waals surface area contributed by atoms with Crippen molar-refractivity contribution in [2.75, 3.05) is 38.3 Å². The van der Waals surface area contributed by atoms with Crippen LogP contribution in [0.25, 0.3) is 10.2 Å². The van der Waals surface area contributed by atoms with Gasteiger partial charge in [-0.25, -0.2) is 4.98 Å². The first kappa shape index (κ1) is 18.2. The lowest BCUT2D eigenvalue weighted by molar-refractivity contribution is -0.137. The Labute approximate surface area is 154 Å². The van der Waals surface area contributed by atoms with Crippen molar-refractivity contribution in [2.45, 2.75) is 17.2 Å². The molecule has 1 atom stereocenters. The van der Waals surface area contributed by atoms with Crippen LogP contribution in [0.4, 0.5) is 5.69 Å². The van der Waals surface area contributed by atoms with Crippen molar-refractivity contribution in [3.05, 3.63) is 18.2 Å². The monoisotopic (exact) mass is 379 g/mol. The van der Waals surface area contributed by atoms with E-state index in [-0.39, 0.29) is 23.5 Å². The maximum Gasteiger partial charge on any atom is 0.316 e. The molecule has 1 N–H and O–H groups in total. The van der Waals surface area contributed by atoms with Gasteiger partial charge in [0.1, 0.15) is 0 Å². The third-order valence-electron chi connectivity index (χ3n) is 4.17. The van der Waals surface area contributed by atoms with Gasteiger partial charge in [-0.15, -0.1) is 11.3 Å². The smallest absolute Gasteiger partial charge is 0.316 e. The van der Waals surface area contributed by atoms with E-state index in [1.54, 1.807) is 0 Å². The molecule has 1 aliphatic rings. The molecule has 1 unspecified atom stereocenters. The number of likely N-dealkylation sites (tertiary alicyclic amines) is 1. The fourth-order valence-corrected chi connectivity index (χ4v) is 4.79. The molecule has 1 aromatic carbocycles. The molecular weight excluding hydrogens is 358 g/mol. The number of piperidine rings is 1. The van der Waals surface area contributed by atoms with Crippen molar-refractivity contribution in [3.63, 3.8) is 0 Å². The predicted molar refractivity (Wildman–Crippen MR) is 101 cm³/mol. The van der Waals surface area contributed by atoms with Gasteiger partial charge in [-0.1, -0.05) is 11.8 Å². The lowest BCUT2D eigenvalue weighted by Crippen LogP contribution is -2.38. The summed E-state index contributed by atoms with van der Waals surface area (Å²) in [6, 6.07) is 5.72. The number of esters is 1. The van der Waals surface area contributed by atoms with Crippen molar-refractivity contribution in [1.82, 2.24) is 9.88 Å². The molecule has 6 nitrogen and oxygen atoms in total. The van der Waals surface area contributed by atoms with Crippen LogP contribution in [0.1, 0.15) is 12.8 Å². The Kier molecular flexibility index (Phi) is 5.93.